The van der Waals surface area contributed by atoms with Crippen LogP contribution in [0.2, 0.25) is 0 Å². The van der Waals surface area contributed by atoms with Gasteiger partial charge in [-0.05, 0) is 52.9 Å². The third-order valence-electron chi connectivity index (χ3n) is 2.12. The van der Waals surface area contributed by atoms with E-state index in [2.05, 4.69) is 4.98 Å². The van der Waals surface area contributed by atoms with Crippen molar-refractivity contribution in [3.05, 3.63) is 63.2 Å². The van der Waals surface area contributed by atoms with Crippen molar-refractivity contribution in [3.8, 4) is 0 Å². The summed E-state index contributed by atoms with van der Waals surface area (Å²) in [6.45, 7) is 0. The van der Waals surface area contributed by atoms with Crippen LogP contribution in [0.15, 0.2) is 42.7 Å². The number of hydrogen-bond donors (Lipinski definition) is 0. The number of nitrogens with zero attached hydrogens (tertiary/aromatic N) is 1. The molecule has 2 nitrogen and oxygen atoms in total. The lowest BCUT2D eigenvalue weighted by atomic mass is 10.0. The quantitative estimate of drug-likeness (QED) is 0.627. The van der Waals surface area contributed by atoms with E-state index in [-0.39, 0.29) is 11.6 Å². The molecule has 0 saturated heterocycles. The van der Waals surface area contributed by atoms with Crippen LogP contribution in [-0.4, -0.2) is 10.8 Å². The summed E-state index contributed by atoms with van der Waals surface area (Å²) < 4.78 is 13.5. The van der Waals surface area contributed by atoms with Gasteiger partial charge < -0.3 is 0 Å². The number of ketones is 1. The fourth-order valence-corrected chi connectivity index (χ4v) is 1.82. The monoisotopic (exact) mass is 327 g/mol. The van der Waals surface area contributed by atoms with Crippen molar-refractivity contribution in [2.45, 2.75) is 0 Å². The molecule has 0 fully saturated rings. The number of carbonyl (C=O) groups is 1. The average Bonchev–Trinajstić information content (AvgIpc) is 2.33. The number of aromatic nitrogens is 1. The Kier molecular flexibility index (Phi) is 3.28. The first kappa shape index (κ1) is 11.2. The molecule has 0 amide bonds. The second kappa shape index (κ2) is 4.69. The van der Waals surface area contributed by atoms with E-state index < -0.39 is 0 Å². The van der Waals surface area contributed by atoms with Gasteiger partial charge in [-0.15, -0.1) is 0 Å². The average molecular weight is 327 g/mol. The lowest BCUT2D eigenvalue weighted by Crippen LogP contribution is -2.02. The van der Waals surface area contributed by atoms with Crippen molar-refractivity contribution in [2.75, 3.05) is 0 Å². The topological polar surface area (TPSA) is 30.0 Å². The summed E-state index contributed by atoms with van der Waals surface area (Å²) in [5.74, 6) is -0.438. The highest BCUT2D eigenvalue weighted by molar-refractivity contribution is 14.1. The van der Waals surface area contributed by atoms with Gasteiger partial charge in [0.25, 0.3) is 0 Å². The van der Waals surface area contributed by atoms with Gasteiger partial charge in [-0.1, -0.05) is 0 Å². The van der Waals surface area contributed by atoms with Gasteiger partial charge in [-0.25, -0.2) is 4.39 Å². The van der Waals surface area contributed by atoms with Crippen molar-refractivity contribution < 1.29 is 9.18 Å². The zero-order chi connectivity index (χ0) is 11.5. The highest BCUT2D eigenvalue weighted by atomic mass is 127. The maximum atomic E-state index is 13.0. The van der Waals surface area contributed by atoms with Crippen LogP contribution in [0, 0.1) is 9.39 Å². The number of halogens is 2. The van der Waals surface area contributed by atoms with Crippen LogP contribution in [-0.2, 0) is 0 Å². The van der Waals surface area contributed by atoms with Crippen molar-refractivity contribution in [1.29, 1.82) is 0 Å². The number of rotatable bonds is 2. The summed E-state index contributed by atoms with van der Waals surface area (Å²) in [6.07, 6.45) is 3.11. The van der Waals surface area contributed by atoms with Crippen LogP contribution in [0.3, 0.4) is 0 Å². The van der Waals surface area contributed by atoms with Crippen LogP contribution < -0.4 is 0 Å². The third kappa shape index (κ3) is 2.27. The molecule has 1 aromatic heterocycles. The van der Waals surface area contributed by atoms with Crippen molar-refractivity contribution >= 4 is 28.4 Å². The Labute approximate surface area is 106 Å². The molecule has 0 radical (unpaired) electrons. The first-order chi connectivity index (χ1) is 7.68. The van der Waals surface area contributed by atoms with E-state index in [4.69, 9.17) is 0 Å². The van der Waals surface area contributed by atoms with Gasteiger partial charge in [0.15, 0.2) is 5.78 Å². The Morgan fingerprint density at radius 1 is 1.12 bits per heavy atom. The normalized spacial score (nSPS) is 10.1. The van der Waals surface area contributed by atoms with Crippen LogP contribution in [0.4, 0.5) is 4.39 Å². The molecule has 2 aromatic rings. The highest BCUT2D eigenvalue weighted by Gasteiger charge is 2.10. The highest BCUT2D eigenvalue weighted by Crippen LogP contribution is 2.15. The zero-order valence-corrected chi connectivity index (χ0v) is 10.3. The molecule has 0 atom stereocenters. The molecule has 1 aromatic carbocycles. The van der Waals surface area contributed by atoms with Crippen molar-refractivity contribution in [3.63, 3.8) is 0 Å². The fraction of sp³-hybridized carbons (Fsp3) is 0. The summed E-state index contributed by atoms with van der Waals surface area (Å²) in [6, 6.07) is 7.60. The Balaban J connectivity index is 2.39. The van der Waals surface area contributed by atoms with Crippen LogP contribution in [0.5, 0.6) is 0 Å². The standard InChI is InChI=1S/C12H7FINO/c13-10-2-1-9(7-11(10)14)12(16)8-3-5-15-6-4-8/h1-7H. The van der Waals surface area contributed by atoms with E-state index in [0.717, 1.165) is 0 Å². The van der Waals surface area contributed by atoms with E-state index in [9.17, 15) is 9.18 Å². The lowest BCUT2D eigenvalue weighted by molar-refractivity contribution is 0.103. The zero-order valence-electron chi connectivity index (χ0n) is 8.15. The summed E-state index contributed by atoms with van der Waals surface area (Å²) in [4.78, 5) is 15.8. The van der Waals surface area contributed by atoms with E-state index in [1.807, 2.05) is 22.6 Å². The molecule has 0 aliphatic heterocycles. The molecule has 0 N–H and O–H groups in total. The molecular formula is C12H7FINO. The van der Waals surface area contributed by atoms with Gasteiger partial charge >= 0.3 is 0 Å². The minimum atomic E-state index is -0.313. The number of pyridine rings is 1. The largest absolute Gasteiger partial charge is 0.289 e. The van der Waals surface area contributed by atoms with Gasteiger partial charge in [0.2, 0.25) is 0 Å². The second-order valence-electron chi connectivity index (χ2n) is 3.19. The van der Waals surface area contributed by atoms with Gasteiger partial charge in [-0.3, -0.25) is 9.78 Å². The predicted octanol–water partition coefficient (Wildman–Crippen LogP) is 3.06. The second-order valence-corrected chi connectivity index (χ2v) is 4.36. The third-order valence-corrected chi connectivity index (χ3v) is 2.95. The number of benzene rings is 1. The minimum Gasteiger partial charge on any atom is -0.289 e. The molecular weight excluding hydrogens is 320 g/mol. The Morgan fingerprint density at radius 3 is 2.44 bits per heavy atom. The molecule has 0 aliphatic carbocycles. The Morgan fingerprint density at radius 2 is 1.81 bits per heavy atom. The van der Waals surface area contributed by atoms with E-state index in [1.165, 1.54) is 12.1 Å². The number of hydrogen-bond acceptors (Lipinski definition) is 2. The summed E-state index contributed by atoms with van der Waals surface area (Å²) in [5, 5.41) is 0. The van der Waals surface area contributed by atoms with E-state index >= 15 is 0 Å². The van der Waals surface area contributed by atoms with Crippen molar-refractivity contribution in [2.24, 2.45) is 0 Å². The van der Waals surface area contributed by atoms with Gasteiger partial charge in [-0.2, -0.15) is 0 Å². The van der Waals surface area contributed by atoms with E-state index in [0.29, 0.717) is 14.7 Å². The molecule has 0 bridgehead atoms. The summed E-state index contributed by atoms with van der Waals surface area (Å²) in [7, 11) is 0. The molecule has 0 saturated carbocycles. The van der Waals surface area contributed by atoms with Crippen molar-refractivity contribution in [1.82, 2.24) is 4.98 Å². The lowest BCUT2D eigenvalue weighted by Gasteiger charge is -2.01. The van der Waals surface area contributed by atoms with Gasteiger partial charge in [0, 0.05) is 27.1 Å². The van der Waals surface area contributed by atoms with Gasteiger partial charge in [0.1, 0.15) is 5.82 Å². The van der Waals surface area contributed by atoms with Crippen LogP contribution in [0.1, 0.15) is 15.9 Å². The minimum absolute atomic E-state index is 0.125. The maximum Gasteiger partial charge on any atom is 0.193 e. The summed E-state index contributed by atoms with van der Waals surface area (Å²) in [5.41, 5.74) is 1.04. The smallest absolute Gasteiger partial charge is 0.193 e. The van der Waals surface area contributed by atoms with Gasteiger partial charge in [0.05, 0.1) is 0 Å². The molecule has 80 valence electrons. The Hall–Kier alpha value is -1.30. The molecule has 0 aliphatic rings. The molecule has 0 spiro atoms. The SMILES string of the molecule is O=C(c1ccncc1)c1ccc(F)c(I)c1. The Bertz CT molecular complexity index is 528. The molecule has 16 heavy (non-hydrogen) atoms. The molecule has 0 unspecified atom stereocenters. The van der Waals surface area contributed by atoms with Crippen LogP contribution >= 0.6 is 22.6 Å². The fourth-order valence-electron chi connectivity index (χ4n) is 1.31. The maximum absolute atomic E-state index is 13.0. The number of carbonyl (C=O) groups excluding carboxylic acids is 1. The van der Waals surface area contributed by atoms with Crippen LogP contribution in [0.25, 0.3) is 0 Å². The first-order valence-corrected chi connectivity index (χ1v) is 5.66. The first-order valence-electron chi connectivity index (χ1n) is 4.58. The molecule has 4 heteroatoms. The summed E-state index contributed by atoms with van der Waals surface area (Å²) >= 11 is 1.86. The van der Waals surface area contributed by atoms with E-state index in [1.54, 1.807) is 30.6 Å². The predicted molar refractivity (Wildman–Crippen MR) is 66.8 cm³/mol. The molecule has 1 heterocycles. The molecule has 2 rings (SSSR count).